The van der Waals surface area contributed by atoms with Gasteiger partial charge in [0.2, 0.25) is 5.78 Å². The molecule has 0 saturated heterocycles. The van der Waals surface area contributed by atoms with E-state index in [2.05, 4.69) is 15.9 Å². The number of rotatable bonds is 7. The number of nitrogens with zero attached hydrogens (tertiary/aromatic N) is 1. The number of Topliss-reactive ketones (excluding diaryl/α,β-unsaturated/α-hetero) is 1. The topological polar surface area (TPSA) is 90.0 Å². The lowest BCUT2D eigenvalue weighted by atomic mass is 10.1. The van der Waals surface area contributed by atoms with Gasteiger partial charge in [0.15, 0.2) is 6.10 Å². The molecule has 7 nitrogen and oxygen atoms in total. The molecule has 0 bridgehead atoms. The van der Waals surface area contributed by atoms with Gasteiger partial charge < -0.3 is 4.74 Å². The van der Waals surface area contributed by atoms with Gasteiger partial charge in [0.05, 0.1) is 17.7 Å². The van der Waals surface area contributed by atoms with Crippen LogP contribution in [0.3, 0.4) is 0 Å². The van der Waals surface area contributed by atoms with E-state index in [-0.39, 0.29) is 21.3 Å². The van der Waals surface area contributed by atoms with Crippen LogP contribution in [-0.2, 0) is 19.6 Å². The largest absolute Gasteiger partial charge is 0.451 e. The number of hydrogen-bond acceptors (Lipinski definition) is 6. The number of hydrogen-bond donors (Lipinski definition) is 0. The fourth-order valence-electron chi connectivity index (χ4n) is 2.20. The summed E-state index contributed by atoms with van der Waals surface area (Å²) in [5, 5.41) is -0.0839. The van der Waals surface area contributed by atoms with Gasteiger partial charge in [0, 0.05) is 17.1 Å². The number of carbonyl (C=O) groups is 2. The number of sulfonamides is 1. The highest BCUT2D eigenvalue weighted by Gasteiger charge is 2.26. The summed E-state index contributed by atoms with van der Waals surface area (Å²) in [4.78, 5) is 29.2. The summed E-state index contributed by atoms with van der Waals surface area (Å²) in [6.45, 7) is 1.44. The van der Waals surface area contributed by atoms with Crippen molar-refractivity contribution in [3.63, 3.8) is 0 Å². The van der Waals surface area contributed by atoms with Crippen LogP contribution < -0.4 is 0 Å². The van der Waals surface area contributed by atoms with Crippen LogP contribution in [-0.4, -0.2) is 44.9 Å². The van der Waals surface area contributed by atoms with Crippen LogP contribution in [0, 0.1) is 0 Å². The Morgan fingerprint density at radius 1 is 1.11 bits per heavy atom. The van der Waals surface area contributed by atoms with Gasteiger partial charge >= 0.3 is 5.97 Å². The molecule has 0 spiro atoms. The lowest BCUT2D eigenvalue weighted by Crippen LogP contribution is -2.27. The maximum Gasteiger partial charge on any atom is 0.338 e. The van der Waals surface area contributed by atoms with Gasteiger partial charge in [-0.05, 0) is 37.3 Å². The molecule has 0 heterocycles. The van der Waals surface area contributed by atoms with Crippen molar-refractivity contribution in [2.75, 3.05) is 14.2 Å². The van der Waals surface area contributed by atoms with Crippen molar-refractivity contribution < 1.29 is 27.6 Å². The molecule has 0 unspecified atom stereocenters. The minimum absolute atomic E-state index is 0.0667. The average molecular weight is 491 g/mol. The number of esters is 1. The Hall–Kier alpha value is -1.78. The zero-order valence-corrected chi connectivity index (χ0v) is 18.3. The normalized spacial score (nSPS) is 12.6. The van der Waals surface area contributed by atoms with Crippen LogP contribution in [0.25, 0.3) is 0 Å². The maximum absolute atomic E-state index is 12.4. The van der Waals surface area contributed by atoms with Gasteiger partial charge in [-0.3, -0.25) is 9.63 Å². The van der Waals surface area contributed by atoms with E-state index in [1.807, 2.05) is 0 Å². The predicted octanol–water partition coefficient (Wildman–Crippen LogP) is 3.71. The van der Waals surface area contributed by atoms with E-state index in [1.54, 1.807) is 24.3 Å². The van der Waals surface area contributed by atoms with Gasteiger partial charge in [0.25, 0.3) is 10.0 Å². The van der Waals surface area contributed by atoms with Crippen LogP contribution in [0.4, 0.5) is 0 Å². The van der Waals surface area contributed by atoms with Crippen molar-refractivity contribution in [3.8, 4) is 0 Å². The highest BCUT2D eigenvalue weighted by atomic mass is 79.9. The molecular weight excluding hydrogens is 474 g/mol. The Kier molecular flexibility index (Phi) is 7.35. The molecule has 2 rings (SSSR count). The summed E-state index contributed by atoms with van der Waals surface area (Å²) in [7, 11) is -1.70. The van der Waals surface area contributed by atoms with E-state index in [9.17, 15) is 18.0 Å². The number of halogens is 2. The first-order valence-electron chi connectivity index (χ1n) is 7.91. The summed E-state index contributed by atoms with van der Waals surface area (Å²) >= 11 is 9.24. The van der Waals surface area contributed by atoms with E-state index in [1.165, 1.54) is 33.2 Å². The molecule has 0 N–H and O–H groups in total. The Bertz CT molecular complexity index is 994. The second-order valence-electron chi connectivity index (χ2n) is 5.66. The molecule has 0 radical (unpaired) electrons. The predicted molar refractivity (Wildman–Crippen MR) is 107 cm³/mol. The number of carbonyl (C=O) groups excluding carboxylic acids is 2. The quantitative estimate of drug-likeness (QED) is 0.334. The third-order valence-electron chi connectivity index (χ3n) is 3.82. The van der Waals surface area contributed by atoms with Crippen molar-refractivity contribution in [2.45, 2.75) is 17.9 Å². The minimum atomic E-state index is -4.07. The molecule has 2 aromatic carbocycles. The lowest BCUT2D eigenvalue weighted by Gasteiger charge is -2.16. The molecule has 10 heteroatoms. The van der Waals surface area contributed by atoms with Crippen molar-refractivity contribution in [1.29, 1.82) is 0 Å². The maximum atomic E-state index is 12.4. The first-order chi connectivity index (χ1) is 13.1. The zero-order chi connectivity index (χ0) is 21.1. The summed E-state index contributed by atoms with van der Waals surface area (Å²) in [6.07, 6.45) is -1.06. The zero-order valence-electron chi connectivity index (χ0n) is 15.2. The lowest BCUT2D eigenvalue weighted by molar-refractivity contribution is -0.0258. The third-order valence-corrected chi connectivity index (χ3v) is 6.51. The Balaban J connectivity index is 2.24. The second-order valence-corrected chi connectivity index (χ2v) is 8.89. The third kappa shape index (κ3) is 4.98. The molecule has 0 amide bonds. The fourth-order valence-corrected chi connectivity index (χ4v) is 3.93. The van der Waals surface area contributed by atoms with E-state index >= 15 is 0 Å². The van der Waals surface area contributed by atoms with Crippen LogP contribution in [0.1, 0.15) is 27.6 Å². The molecule has 0 saturated carbocycles. The van der Waals surface area contributed by atoms with Crippen molar-refractivity contribution in [2.24, 2.45) is 0 Å². The molecule has 0 aliphatic carbocycles. The molecule has 0 aromatic heterocycles. The molecule has 150 valence electrons. The average Bonchev–Trinajstić information content (AvgIpc) is 2.67. The van der Waals surface area contributed by atoms with E-state index in [4.69, 9.17) is 21.2 Å². The monoisotopic (exact) mass is 489 g/mol. The van der Waals surface area contributed by atoms with Gasteiger partial charge in [-0.2, -0.15) is 0 Å². The summed E-state index contributed by atoms with van der Waals surface area (Å²) in [5.74, 6) is -1.24. The summed E-state index contributed by atoms with van der Waals surface area (Å²) in [6, 6.07) is 10.2. The van der Waals surface area contributed by atoms with Gasteiger partial charge in [-0.15, -0.1) is 0 Å². The first kappa shape index (κ1) is 22.5. The first-order valence-corrected chi connectivity index (χ1v) is 10.5. The van der Waals surface area contributed by atoms with Crippen LogP contribution in [0.15, 0.2) is 51.8 Å². The van der Waals surface area contributed by atoms with E-state index in [0.29, 0.717) is 10.0 Å². The smallest absolute Gasteiger partial charge is 0.338 e. The summed E-state index contributed by atoms with van der Waals surface area (Å²) in [5.41, 5.74) is 0.313. The van der Waals surface area contributed by atoms with Gasteiger partial charge in [-0.1, -0.05) is 44.1 Å². The molecule has 0 fully saturated rings. The highest BCUT2D eigenvalue weighted by Crippen LogP contribution is 2.26. The number of hydroxylamine groups is 1. The Labute approximate surface area is 176 Å². The van der Waals surface area contributed by atoms with Gasteiger partial charge in [-0.25, -0.2) is 13.2 Å². The highest BCUT2D eigenvalue weighted by molar-refractivity contribution is 9.10. The standard InChI is InChI=1S/C18H17BrClNO6S/c1-11(17(22)12-4-7-14(19)8-5-12)27-18(23)13-6-9-15(20)16(10-13)28(24,25)21(2)26-3/h4-11H,1-3H3/t11-/m1/s1. The fraction of sp³-hybridized carbons (Fsp3) is 0.222. The van der Waals surface area contributed by atoms with Crippen LogP contribution in [0.2, 0.25) is 5.02 Å². The Morgan fingerprint density at radius 3 is 2.25 bits per heavy atom. The molecule has 0 aliphatic heterocycles. The molecule has 1 atom stereocenters. The van der Waals surface area contributed by atoms with Crippen LogP contribution >= 0.6 is 27.5 Å². The van der Waals surface area contributed by atoms with E-state index in [0.717, 1.165) is 10.5 Å². The summed E-state index contributed by atoms with van der Waals surface area (Å²) < 4.78 is 31.4. The van der Waals surface area contributed by atoms with Crippen molar-refractivity contribution in [3.05, 3.63) is 63.1 Å². The van der Waals surface area contributed by atoms with Gasteiger partial charge in [0.1, 0.15) is 4.90 Å². The molecule has 2 aromatic rings. The van der Waals surface area contributed by atoms with Crippen molar-refractivity contribution in [1.82, 2.24) is 4.47 Å². The molecular formula is C18H17BrClNO6S. The molecule has 0 aliphatic rings. The van der Waals surface area contributed by atoms with Crippen molar-refractivity contribution >= 4 is 49.3 Å². The number of ketones is 1. The number of ether oxygens (including phenoxy) is 1. The SMILES string of the molecule is CON(C)S(=O)(=O)c1cc(C(=O)O[C@H](C)C(=O)c2ccc(Br)cc2)ccc1Cl. The Morgan fingerprint density at radius 2 is 1.68 bits per heavy atom. The van der Waals surface area contributed by atoms with E-state index < -0.39 is 22.1 Å². The van der Waals surface area contributed by atoms with Crippen LogP contribution in [0.5, 0.6) is 0 Å². The number of benzene rings is 2. The molecule has 28 heavy (non-hydrogen) atoms. The minimum Gasteiger partial charge on any atom is -0.451 e. The second kappa shape index (κ2) is 9.15.